The average Bonchev–Trinajstić information content (AvgIpc) is 2.06. The van der Waals surface area contributed by atoms with Crippen LogP contribution in [0.5, 0.6) is 5.75 Å². The van der Waals surface area contributed by atoms with E-state index in [-0.39, 0.29) is 11.4 Å². The van der Waals surface area contributed by atoms with Crippen molar-refractivity contribution in [2.75, 3.05) is 17.2 Å². The van der Waals surface area contributed by atoms with E-state index in [4.69, 9.17) is 0 Å². The summed E-state index contributed by atoms with van der Waals surface area (Å²) in [5, 5.41) is 9.36. The molecule has 0 amide bonds. The molecule has 6 heteroatoms. The number of hydrogen-bond acceptors (Lipinski definition) is 4. The Kier molecular flexibility index (Phi) is 3.28. The van der Waals surface area contributed by atoms with Crippen molar-refractivity contribution in [1.82, 2.24) is 0 Å². The predicted octanol–water partition coefficient (Wildman–Crippen LogP) is 1.49. The highest BCUT2D eigenvalue weighted by Gasteiger charge is 2.07. The second-order valence-electron chi connectivity index (χ2n) is 2.76. The third kappa shape index (κ3) is 3.12. The molecule has 0 atom stereocenters. The summed E-state index contributed by atoms with van der Waals surface area (Å²) in [4.78, 5) is 0.883. The zero-order valence-electron chi connectivity index (χ0n) is 7.81. The lowest BCUT2D eigenvalue weighted by molar-refractivity contribution is 0.477. The Bertz CT molecular complexity index is 428. The number of rotatable bonds is 3. The highest BCUT2D eigenvalue weighted by molar-refractivity contribution is 7.98. The van der Waals surface area contributed by atoms with E-state index in [2.05, 4.69) is 4.72 Å². The van der Waals surface area contributed by atoms with Crippen LogP contribution in [0.1, 0.15) is 0 Å². The Morgan fingerprint density at radius 3 is 2.57 bits per heavy atom. The molecule has 0 bridgehead atoms. The predicted molar refractivity (Wildman–Crippen MR) is 58.4 cm³/mol. The molecule has 1 aromatic carbocycles. The molecule has 0 spiro atoms. The number of phenols is 1. The first-order valence-electron chi connectivity index (χ1n) is 3.77. The Balaban J connectivity index is 3.07. The van der Waals surface area contributed by atoms with Gasteiger partial charge in [-0.25, -0.2) is 8.42 Å². The summed E-state index contributed by atoms with van der Waals surface area (Å²) < 4.78 is 24.1. The summed E-state index contributed by atoms with van der Waals surface area (Å²) in [5.41, 5.74) is 0.208. The highest BCUT2D eigenvalue weighted by Crippen LogP contribution is 2.28. The van der Waals surface area contributed by atoms with Gasteiger partial charge < -0.3 is 5.11 Å². The Labute approximate surface area is 87.4 Å². The second kappa shape index (κ2) is 4.10. The molecular weight excluding hydrogens is 222 g/mol. The molecule has 0 aromatic heterocycles. The fourth-order valence-electron chi connectivity index (χ4n) is 0.924. The zero-order valence-corrected chi connectivity index (χ0v) is 9.45. The summed E-state index contributed by atoms with van der Waals surface area (Å²) in [6.07, 6.45) is 2.91. The minimum Gasteiger partial charge on any atom is -0.506 e. The minimum absolute atomic E-state index is 0.0757. The van der Waals surface area contributed by atoms with Gasteiger partial charge in [0.1, 0.15) is 5.75 Å². The Hall–Kier alpha value is -0.880. The number of phenolic OH excluding ortho intramolecular Hbond substituents is 1. The van der Waals surface area contributed by atoms with Gasteiger partial charge in [0, 0.05) is 4.90 Å². The van der Waals surface area contributed by atoms with Crippen LogP contribution in [0.3, 0.4) is 0 Å². The number of anilines is 1. The normalized spacial score (nSPS) is 11.3. The molecule has 1 aromatic rings. The number of benzene rings is 1. The first-order chi connectivity index (χ1) is 6.42. The van der Waals surface area contributed by atoms with Crippen LogP contribution in [0.15, 0.2) is 23.1 Å². The molecule has 0 radical (unpaired) electrons. The third-order valence-corrected chi connectivity index (χ3v) is 2.82. The average molecular weight is 233 g/mol. The monoisotopic (exact) mass is 233 g/mol. The molecule has 0 aliphatic heterocycles. The summed E-state index contributed by atoms with van der Waals surface area (Å²) >= 11 is 1.47. The molecule has 14 heavy (non-hydrogen) atoms. The zero-order chi connectivity index (χ0) is 10.8. The Morgan fingerprint density at radius 2 is 2.07 bits per heavy atom. The van der Waals surface area contributed by atoms with Crippen molar-refractivity contribution in [3.63, 3.8) is 0 Å². The number of nitrogens with one attached hydrogen (secondary N) is 1. The minimum atomic E-state index is -3.34. The van der Waals surface area contributed by atoms with Crippen LogP contribution in [-0.2, 0) is 10.0 Å². The fraction of sp³-hybridized carbons (Fsp3) is 0.250. The van der Waals surface area contributed by atoms with Gasteiger partial charge in [-0.1, -0.05) is 0 Å². The molecule has 0 unspecified atom stereocenters. The highest BCUT2D eigenvalue weighted by atomic mass is 32.2. The maximum absolute atomic E-state index is 10.9. The van der Waals surface area contributed by atoms with Crippen molar-refractivity contribution in [1.29, 1.82) is 0 Å². The summed E-state index contributed by atoms with van der Waals surface area (Å²) in [7, 11) is -3.34. The van der Waals surface area contributed by atoms with Crippen LogP contribution >= 0.6 is 11.8 Å². The van der Waals surface area contributed by atoms with E-state index >= 15 is 0 Å². The van der Waals surface area contributed by atoms with E-state index in [1.807, 2.05) is 6.26 Å². The maximum atomic E-state index is 10.9. The van der Waals surface area contributed by atoms with E-state index < -0.39 is 10.0 Å². The van der Waals surface area contributed by atoms with E-state index in [0.717, 1.165) is 11.2 Å². The van der Waals surface area contributed by atoms with Gasteiger partial charge in [-0.3, -0.25) is 4.72 Å². The van der Waals surface area contributed by atoms with Crippen molar-refractivity contribution in [3.8, 4) is 5.75 Å². The quantitative estimate of drug-likeness (QED) is 0.613. The van der Waals surface area contributed by atoms with E-state index in [1.54, 1.807) is 12.1 Å². The van der Waals surface area contributed by atoms with Crippen molar-refractivity contribution >= 4 is 27.5 Å². The van der Waals surface area contributed by atoms with Gasteiger partial charge in [0.25, 0.3) is 0 Å². The van der Waals surface area contributed by atoms with Crippen LogP contribution < -0.4 is 4.72 Å². The number of aromatic hydroxyl groups is 1. The molecule has 0 aliphatic carbocycles. The lowest BCUT2D eigenvalue weighted by atomic mass is 10.3. The van der Waals surface area contributed by atoms with Gasteiger partial charge in [-0.2, -0.15) is 0 Å². The molecule has 1 rings (SSSR count). The molecule has 0 aliphatic rings. The molecule has 0 saturated carbocycles. The van der Waals surface area contributed by atoms with Gasteiger partial charge >= 0.3 is 0 Å². The van der Waals surface area contributed by atoms with E-state index in [1.165, 1.54) is 17.8 Å². The van der Waals surface area contributed by atoms with E-state index in [0.29, 0.717) is 0 Å². The lowest BCUT2D eigenvalue weighted by Crippen LogP contribution is -2.09. The lowest BCUT2D eigenvalue weighted by Gasteiger charge is -2.07. The Morgan fingerprint density at radius 1 is 1.43 bits per heavy atom. The summed E-state index contributed by atoms with van der Waals surface area (Å²) in [6.45, 7) is 0. The summed E-state index contributed by atoms with van der Waals surface area (Å²) in [6, 6.07) is 4.76. The van der Waals surface area contributed by atoms with Gasteiger partial charge in [-0.05, 0) is 24.5 Å². The van der Waals surface area contributed by atoms with Crippen LogP contribution in [0, 0.1) is 0 Å². The molecule has 78 valence electrons. The van der Waals surface area contributed by atoms with E-state index in [9.17, 15) is 13.5 Å². The topological polar surface area (TPSA) is 66.4 Å². The van der Waals surface area contributed by atoms with Crippen LogP contribution in [0.25, 0.3) is 0 Å². The second-order valence-corrected chi connectivity index (χ2v) is 5.39. The SMILES string of the molecule is CSc1ccc(O)c(NS(C)(=O)=O)c1. The van der Waals surface area contributed by atoms with Gasteiger partial charge in [0.15, 0.2) is 0 Å². The van der Waals surface area contributed by atoms with Crippen molar-refractivity contribution < 1.29 is 13.5 Å². The molecule has 2 N–H and O–H groups in total. The summed E-state index contributed by atoms with van der Waals surface area (Å²) in [5.74, 6) is -0.0757. The largest absolute Gasteiger partial charge is 0.506 e. The molecule has 0 heterocycles. The van der Waals surface area contributed by atoms with Gasteiger partial charge in [0.05, 0.1) is 11.9 Å². The number of thioether (sulfide) groups is 1. The smallest absolute Gasteiger partial charge is 0.229 e. The molecule has 0 saturated heterocycles. The first kappa shape index (κ1) is 11.2. The van der Waals surface area contributed by atoms with Crippen LogP contribution in [-0.4, -0.2) is 26.0 Å². The van der Waals surface area contributed by atoms with Crippen LogP contribution in [0.4, 0.5) is 5.69 Å². The molecule has 0 fully saturated rings. The molecule has 4 nitrogen and oxygen atoms in total. The molecular formula is C8H11NO3S2. The van der Waals surface area contributed by atoms with Gasteiger partial charge in [-0.15, -0.1) is 11.8 Å². The van der Waals surface area contributed by atoms with Crippen molar-refractivity contribution in [2.24, 2.45) is 0 Å². The van der Waals surface area contributed by atoms with Gasteiger partial charge in [0.2, 0.25) is 10.0 Å². The first-order valence-corrected chi connectivity index (χ1v) is 6.89. The fourth-order valence-corrected chi connectivity index (χ4v) is 1.93. The van der Waals surface area contributed by atoms with Crippen molar-refractivity contribution in [3.05, 3.63) is 18.2 Å². The third-order valence-electron chi connectivity index (χ3n) is 1.50. The number of hydrogen-bond donors (Lipinski definition) is 2. The number of sulfonamides is 1. The standard InChI is InChI=1S/C8H11NO3S2/c1-13-6-3-4-8(10)7(5-6)9-14(2,11)12/h3-5,9-10H,1-2H3. The van der Waals surface area contributed by atoms with Crippen molar-refractivity contribution in [2.45, 2.75) is 4.90 Å². The maximum Gasteiger partial charge on any atom is 0.229 e. The van der Waals surface area contributed by atoms with Crippen LogP contribution in [0.2, 0.25) is 0 Å².